The Balaban J connectivity index is 1.79. The summed E-state index contributed by atoms with van der Waals surface area (Å²) in [5.74, 6) is 1.39. The zero-order valence-corrected chi connectivity index (χ0v) is 9.50. The Morgan fingerprint density at radius 3 is 2.29 bits per heavy atom. The van der Waals surface area contributed by atoms with Crippen molar-refractivity contribution in [2.24, 2.45) is 11.8 Å². The predicted octanol–water partition coefficient (Wildman–Crippen LogP) is 1.88. The lowest BCUT2D eigenvalue weighted by Crippen LogP contribution is -2.46. The van der Waals surface area contributed by atoms with Crippen molar-refractivity contribution < 1.29 is 5.11 Å². The van der Waals surface area contributed by atoms with Crippen LogP contribution in [0, 0.1) is 11.8 Å². The maximum atomic E-state index is 10.3. The SMILES string of the molecule is CC(C)CN1CCC(O)(C2CC2)CC1. The number of aliphatic hydroxyl groups is 1. The number of rotatable bonds is 3. The van der Waals surface area contributed by atoms with Crippen LogP contribution in [-0.4, -0.2) is 35.2 Å². The van der Waals surface area contributed by atoms with Gasteiger partial charge >= 0.3 is 0 Å². The maximum Gasteiger partial charge on any atom is 0.0700 e. The second-order valence-electron chi connectivity index (χ2n) is 5.57. The fourth-order valence-corrected chi connectivity index (χ4v) is 2.67. The second-order valence-corrected chi connectivity index (χ2v) is 5.57. The quantitative estimate of drug-likeness (QED) is 0.746. The molecular formula is C12H23NO. The molecule has 1 saturated heterocycles. The molecular weight excluding hydrogens is 174 g/mol. The Bertz CT molecular complexity index is 190. The molecule has 0 aromatic rings. The van der Waals surface area contributed by atoms with Crippen LogP contribution in [0.5, 0.6) is 0 Å². The average molecular weight is 197 g/mol. The molecule has 2 fully saturated rings. The molecule has 1 N–H and O–H groups in total. The normalized spacial score (nSPS) is 28.3. The summed E-state index contributed by atoms with van der Waals surface area (Å²) >= 11 is 0. The number of likely N-dealkylation sites (tertiary alicyclic amines) is 1. The molecule has 0 spiro atoms. The van der Waals surface area contributed by atoms with Crippen molar-refractivity contribution in [2.75, 3.05) is 19.6 Å². The van der Waals surface area contributed by atoms with Crippen molar-refractivity contribution in [1.82, 2.24) is 4.90 Å². The van der Waals surface area contributed by atoms with E-state index in [2.05, 4.69) is 18.7 Å². The van der Waals surface area contributed by atoms with Crippen LogP contribution in [0.4, 0.5) is 0 Å². The molecule has 1 aliphatic carbocycles. The smallest absolute Gasteiger partial charge is 0.0700 e. The summed E-state index contributed by atoms with van der Waals surface area (Å²) in [6.07, 6.45) is 4.54. The summed E-state index contributed by atoms with van der Waals surface area (Å²) in [6, 6.07) is 0. The van der Waals surface area contributed by atoms with E-state index in [9.17, 15) is 5.11 Å². The molecule has 0 aromatic carbocycles. The first-order chi connectivity index (χ1) is 6.60. The van der Waals surface area contributed by atoms with Gasteiger partial charge in [-0.2, -0.15) is 0 Å². The monoisotopic (exact) mass is 197 g/mol. The standard InChI is InChI=1S/C12H23NO/c1-10(2)9-13-7-5-12(14,6-8-13)11-3-4-11/h10-11,14H,3-9H2,1-2H3. The zero-order valence-electron chi connectivity index (χ0n) is 9.50. The van der Waals surface area contributed by atoms with Gasteiger partial charge in [0.1, 0.15) is 0 Å². The number of hydrogen-bond acceptors (Lipinski definition) is 2. The maximum absolute atomic E-state index is 10.3. The van der Waals surface area contributed by atoms with Gasteiger partial charge in [-0.05, 0) is 37.5 Å². The van der Waals surface area contributed by atoms with Crippen LogP contribution in [0.2, 0.25) is 0 Å². The Morgan fingerprint density at radius 1 is 1.29 bits per heavy atom. The van der Waals surface area contributed by atoms with Gasteiger partial charge in [0.05, 0.1) is 5.60 Å². The lowest BCUT2D eigenvalue weighted by Gasteiger charge is -2.39. The molecule has 1 aliphatic heterocycles. The molecule has 82 valence electrons. The Kier molecular flexibility index (Phi) is 2.85. The lowest BCUT2D eigenvalue weighted by molar-refractivity contribution is -0.0407. The van der Waals surface area contributed by atoms with Gasteiger partial charge in [0, 0.05) is 19.6 Å². The van der Waals surface area contributed by atoms with Crippen molar-refractivity contribution in [3.8, 4) is 0 Å². The van der Waals surface area contributed by atoms with E-state index in [-0.39, 0.29) is 5.60 Å². The van der Waals surface area contributed by atoms with E-state index < -0.39 is 0 Å². The minimum absolute atomic E-state index is 0.284. The first-order valence-corrected chi connectivity index (χ1v) is 6.05. The molecule has 2 rings (SSSR count). The molecule has 1 saturated carbocycles. The van der Waals surface area contributed by atoms with Crippen LogP contribution >= 0.6 is 0 Å². The minimum Gasteiger partial charge on any atom is -0.390 e. The van der Waals surface area contributed by atoms with Crippen LogP contribution in [0.1, 0.15) is 39.5 Å². The van der Waals surface area contributed by atoms with Crippen molar-refractivity contribution in [2.45, 2.75) is 45.1 Å². The number of nitrogens with zero attached hydrogens (tertiary/aromatic N) is 1. The third kappa shape index (κ3) is 2.29. The fourth-order valence-electron chi connectivity index (χ4n) is 2.67. The molecule has 1 heterocycles. The van der Waals surface area contributed by atoms with Gasteiger partial charge in [-0.1, -0.05) is 13.8 Å². The van der Waals surface area contributed by atoms with E-state index in [1.807, 2.05) is 0 Å². The minimum atomic E-state index is -0.284. The summed E-state index contributed by atoms with van der Waals surface area (Å²) in [5.41, 5.74) is -0.284. The molecule has 0 atom stereocenters. The summed E-state index contributed by atoms with van der Waals surface area (Å²) in [4.78, 5) is 2.50. The molecule has 0 amide bonds. The highest BCUT2D eigenvalue weighted by molar-refractivity contribution is 4.97. The largest absolute Gasteiger partial charge is 0.390 e. The first-order valence-electron chi connectivity index (χ1n) is 6.05. The topological polar surface area (TPSA) is 23.5 Å². The van der Waals surface area contributed by atoms with Crippen LogP contribution < -0.4 is 0 Å². The summed E-state index contributed by atoms with van der Waals surface area (Å²) < 4.78 is 0. The molecule has 2 nitrogen and oxygen atoms in total. The highest BCUT2D eigenvalue weighted by Crippen LogP contribution is 2.44. The molecule has 0 aromatic heterocycles. The van der Waals surface area contributed by atoms with Gasteiger partial charge < -0.3 is 10.0 Å². The van der Waals surface area contributed by atoms with Crippen molar-refractivity contribution in [3.63, 3.8) is 0 Å². The first kappa shape index (κ1) is 10.4. The lowest BCUT2D eigenvalue weighted by atomic mass is 9.86. The van der Waals surface area contributed by atoms with Crippen molar-refractivity contribution in [1.29, 1.82) is 0 Å². The number of piperidine rings is 1. The zero-order chi connectivity index (χ0) is 10.2. The molecule has 14 heavy (non-hydrogen) atoms. The third-order valence-corrected chi connectivity index (χ3v) is 3.68. The fraction of sp³-hybridized carbons (Fsp3) is 1.00. The molecule has 2 aliphatic rings. The average Bonchev–Trinajstić information content (AvgIpc) is 2.91. The van der Waals surface area contributed by atoms with Crippen LogP contribution in [0.25, 0.3) is 0 Å². The van der Waals surface area contributed by atoms with Crippen molar-refractivity contribution in [3.05, 3.63) is 0 Å². The summed E-state index contributed by atoms with van der Waals surface area (Å²) in [6.45, 7) is 7.93. The van der Waals surface area contributed by atoms with Crippen LogP contribution in [0.15, 0.2) is 0 Å². The summed E-state index contributed by atoms with van der Waals surface area (Å²) in [7, 11) is 0. The van der Waals surface area contributed by atoms with Gasteiger partial charge in [-0.25, -0.2) is 0 Å². The number of hydrogen-bond donors (Lipinski definition) is 1. The van der Waals surface area contributed by atoms with E-state index in [0.29, 0.717) is 5.92 Å². The molecule has 0 bridgehead atoms. The van der Waals surface area contributed by atoms with Gasteiger partial charge in [0.15, 0.2) is 0 Å². The van der Waals surface area contributed by atoms with E-state index in [1.165, 1.54) is 19.4 Å². The Labute approximate surface area is 87.3 Å². The third-order valence-electron chi connectivity index (χ3n) is 3.68. The van der Waals surface area contributed by atoms with E-state index >= 15 is 0 Å². The van der Waals surface area contributed by atoms with Gasteiger partial charge in [0.2, 0.25) is 0 Å². The van der Waals surface area contributed by atoms with Gasteiger partial charge in [0.25, 0.3) is 0 Å². The van der Waals surface area contributed by atoms with Crippen LogP contribution in [0.3, 0.4) is 0 Å². The highest BCUT2D eigenvalue weighted by Gasteiger charge is 2.45. The van der Waals surface area contributed by atoms with E-state index in [4.69, 9.17) is 0 Å². The predicted molar refractivity (Wildman–Crippen MR) is 58.2 cm³/mol. The van der Waals surface area contributed by atoms with E-state index in [1.54, 1.807) is 0 Å². The highest BCUT2D eigenvalue weighted by atomic mass is 16.3. The Morgan fingerprint density at radius 2 is 1.86 bits per heavy atom. The second kappa shape index (κ2) is 3.82. The van der Waals surface area contributed by atoms with Crippen molar-refractivity contribution >= 4 is 0 Å². The van der Waals surface area contributed by atoms with Crippen LogP contribution in [-0.2, 0) is 0 Å². The van der Waals surface area contributed by atoms with Gasteiger partial charge in [-0.3, -0.25) is 0 Å². The molecule has 0 radical (unpaired) electrons. The van der Waals surface area contributed by atoms with Gasteiger partial charge in [-0.15, -0.1) is 0 Å². The summed E-state index contributed by atoms with van der Waals surface area (Å²) in [5, 5.41) is 10.3. The molecule has 0 unspecified atom stereocenters. The molecule has 2 heteroatoms. The Hall–Kier alpha value is -0.0800. The van der Waals surface area contributed by atoms with E-state index in [0.717, 1.165) is 31.8 Å².